The van der Waals surface area contributed by atoms with Gasteiger partial charge in [0.15, 0.2) is 11.2 Å². The first kappa shape index (κ1) is 34.2. The Kier molecular flexibility index (Phi) is 8.82. The largest absolute Gasteiger partial charge is 0.479 e. The highest BCUT2D eigenvalue weighted by molar-refractivity contribution is 5.91. The number of methoxy groups -OCH3 is 2. The molecule has 0 atom stereocenters. The number of fused-ring (bicyclic) bond motifs is 8. The molecule has 268 valence electrons. The summed E-state index contributed by atoms with van der Waals surface area (Å²) in [6.45, 7) is 8.52. The molecule has 4 aliphatic heterocycles. The summed E-state index contributed by atoms with van der Waals surface area (Å²) in [5.74, 6) is 0.642. The summed E-state index contributed by atoms with van der Waals surface area (Å²) in [6.07, 6.45) is 6.86. The number of nitrogens with zero attached hydrogens (tertiary/aromatic N) is 3. The molecular formula is C39H44N4O8. The zero-order chi connectivity index (χ0) is 36.0. The molecule has 0 saturated carbocycles. The normalized spacial score (nSPS) is 17.6. The third-order valence-corrected chi connectivity index (χ3v) is 9.96. The number of amides is 1. The third kappa shape index (κ3) is 6.33. The molecule has 0 radical (unpaired) electrons. The van der Waals surface area contributed by atoms with Gasteiger partial charge in [0, 0.05) is 51.2 Å². The van der Waals surface area contributed by atoms with Crippen molar-refractivity contribution in [3.05, 3.63) is 95.6 Å². The van der Waals surface area contributed by atoms with Gasteiger partial charge in [0.2, 0.25) is 0 Å². The van der Waals surface area contributed by atoms with E-state index in [2.05, 4.69) is 32.8 Å². The Morgan fingerprint density at radius 3 is 1.63 bits per heavy atom. The second-order valence-corrected chi connectivity index (χ2v) is 14.3. The Morgan fingerprint density at radius 1 is 0.706 bits per heavy atom. The smallest absolute Gasteiger partial charge is 0.410 e. The molecule has 2 saturated heterocycles. The number of carbonyl (C=O) groups is 3. The van der Waals surface area contributed by atoms with E-state index in [1.807, 2.05) is 51.2 Å². The van der Waals surface area contributed by atoms with Gasteiger partial charge >= 0.3 is 18.0 Å². The minimum atomic E-state index is -0.552. The summed E-state index contributed by atoms with van der Waals surface area (Å²) >= 11 is 0. The first-order valence-electron chi connectivity index (χ1n) is 17.3. The zero-order valence-electron chi connectivity index (χ0n) is 29.7. The lowest BCUT2D eigenvalue weighted by molar-refractivity contribution is -0.0269. The van der Waals surface area contributed by atoms with Gasteiger partial charge in [-0.3, -0.25) is 0 Å². The van der Waals surface area contributed by atoms with E-state index >= 15 is 0 Å². The molecule has 2 fully saturated rings. The van der Waals surface area contributed by atoms with Crippen LogP contribution in [0.15, 0.2) is 73.1 Å². The Morgan fingerprint density at radius 2 is 1.18 bits per heavy atom. The van der Waals surface area contributed by atoms with Gasteiger partial charge in [-0.15, -0.1) is 0 Å². The average molecular weight is 697 g/mol. The standard InChI is InChI=1S/C22H26N2O5.C17H18N2O3/c1-21(2,3)29-20(26)23-12-9-22(10-13-23)18-6-5-11-24(18)16-8-7-15(19(25)27-4)14-17(16)28-22;1-21-16(20)12-4-5-13-14(11-12)22-17(6-8-18-9-7-17)15-3-2-10-19(13)15/h5-8,11,14H,9-10,12-13H2,1-4H3;2-5,10-11,18H,6-9H2,1H3. The van der Waals surface area contributed by atoms with Crippen LogP contribution in [0.4, 0.5) is 4.79 Å². The molecular weight excluding hydrogens is 652 g/mol. The van der Waals surface area contributed by atoms with E-state index in [4.69, 9.17) is 23.7 Å². The van der Waals surface area contributed by atoms with Crippen molar-refractivity contribution in [3.63, 3.8) is 0 Å². The van der Waals surface area contributed by atoms with Crippen molar-refractivity contribution in [3.8, 4) is 22.9 Å². The summed E-state index contributed by atoms with van der Waals surface area (Å²) in [5.41, 5.74) is 3.68. The third-order valence-electron chi connectivity index (χ3n) is 9.96. The van der Waals surface area contributed by atoms with Crippen LogP contribution in [-0.2, 0) is 25.4 Å². The quantitative estimate of drug-likeness (QED) is 0.195. The molecule has 12 nitrogen and oxygen atoms in total. The maximum Gasteiger partial charge on any atom is 0.410 e. The summed E-state index contributed by atoms with van der Waals surface area (Å²) in [4.78, 5) is 37.9. The number of benzene rings is 2. The summed E-state index contributed by atoms with van der Waals surface area (Å²) in [5, 5.41) is 3.38. The molecule has 1 amide bonds. The number of aromatic nitrogens is 2. The molecule has 51 heavy (non-hydrogen) atoms. The second kappa shape index (κ2) is 13.1. The molecule has 1 N–H and O–H groups in total. The number of hydrogen-bond donors (Lipinski definition) is 1. The molecule has 0 unspecified atom stereocenters. The fourth-order valence-electron chi connectivity index (χ4n) is 7.45. The number of nitrogens with one attached hydrogen (secondary N) is 1. The Labute approximate surface area is 297 Å². The van der Waals surface area contributed by atoms with Crippen molar-refractivity contribution < 1.29 is 38.1 Å². The molecule has 2 aromatic heterocycles. The van der Waals surface area contributed by atoms with Crippen molar-refractivity contribution in [2.24, 2.45) is 0 Å². The highest BCUT2D eigenvalue weighted by Crippen LogP contribution is 2.46. The van der Waals surface area contributed by atoms with E-state index in [1.54, 1.807) is 29.2 Å². The number of carbonyl (C=O) groups excluding carboxylic acids is 3. The number of rotatable bonds is 2. The van der Waals surface area contributed by atoms with Crippen molar-refractivity contribution in [1.29, 1.82) is 0 Å². The van der Waals surface area contributed by atoms with Crippen LogP contribution in [0.3, 0.4) is 0 Å². The highest BCUT2D eigenvalue weighted by Gasteiger charge is 2.46. The lowest BCUT2D eigenvalue weighted by Gasteiger charge is -2.45. The molecule has 0 aliphatic carbocycles. The second-order valence-electron chi connectivity index (χ2n) is 14.3. The van der Waals surface area contributed by atoms with Gasteiger partial charge in [-0.25, -0.2) is 14.4 Å². The van der Waals surface area contributed by atoms with E-state index in [0.717, 1.165) is 48.7 Å². The van der Waals surface area contributed by atoms with Crippen molar-refractivity contribution >= 4 is 18.0 Å². The zero-order valence-corrected chi connectivity index (χ0v) is 29.7. The molecule has 8 rings (SSSR count). The topological polar surface area (TPSA) is 122 Å². The lowest BCUT2D eigenvalue weighted by atomic mass is 9.86. The van der Waals surface area contributed by atoms with Crippen LogP contribution in [0.25, 0.3) is 11.4 Å². The van der Waals surface area contributed by atoms with Gasteiger partial charge in [0.25, 0.3) is 0 Å². The number of ether oxygens (including phenoxy) is 5. The van der Waals surface area contributed by atoms with Crippen LogP contribution in [0.5, 0.6) is 11.5 Å². The predicted octanol–water partition coefficient (Wildman–Crippen LogP) is 6.12. The van der Waals surface area contributed by atoms with Crippen LogP contribution in [0.1, 0.15) is 78.6 Å². The predicted molar refractivity (Wildman–Crippen MR) is 188 cm³/mol. The van der Waals surface area contributed by atoms with Crippen molar-refractivity contribution in [1.82, 2.24) is 19.4 Å². The number of hydrogen-bond acceptors (Lipinski definition) is 9. The average Bonchev–Trinajstić information content (AvgIpc) is 3.83. The Balaban J connectivity index is 0.000000165. The van der Waals surface area contributed by atoms with Gasteiger partial charge in [-0.2, -0.15) is 0 Å². The van der Waals surface area contributed by atoms with Crippen LogP contribution in [-0.4, -0.2) is 78.1 Å². The van der Waals surface area contributed by atoms with Crippen LogP contribution in [0, 0.1) is 0 Å². The fourth-order valence-corrected chi connectivity index (χ4v) is 7.45. The highest BCUT2D eigenvalue weighted by atomic mass is 16.6. The van der Waals surface area contributed by atoms with Gasteiger partial charge in [0.1, 0.15) is 17.1 Å². The summed E-state index contributed by atoms with van der Waals surface area (Å²) < 4.78 is 32.3. The van der Waals surface area contributed by atoms with Gasteiger partial charge in [-0.1, -0.05) is 0 Å². The van der Waals surface area contributed by atoms with Crippen LogP contribution < -0.4 is 14.8 Å². The minimum Gasteiger partial charge on any atom is -0.479 e. The number of piperidine rings is 2. The van der Waals surface area contributed by atoms with E-state index < -0.39 is 17.2 Å². The molecule has 2 aromatic carbocycles. The van der Waals surface area contributed by atoms with Gasteiger partial charge < -0.3 is 43.0 Å². The molecule has 0 bridgehead atoms. The number of esters is 2. The molecule has 12 heteroatoms. The fraction of sp³-hybridized carbons (Fsp3) is 0.410. The van der Waals surface area contributed by atoms with E-state index in [0.29, 0.717) is 42.8 Å². The summed E-state index contributed by atoms with van der Waals surface area (Å²) in [7, 11) is 2.75. The Hall–Kier alpha value is -5.23. The van der Waals surface area contributed by atoms with E-state index in [-0.39, 0.29) is 17.7 Å². The molecule has 4 aliphatic rings. The SMILES string of the molecule is COC(=O)c1ccc2c(c1)OC1(CCN(C(=O)OC(C)(C)C)CC1)c1cccn1-2.COC(=O)c1ccc2c(c1)OC1(CCNCC1)c1cccn1-2. The van der Waals surface area contributed by atoms with E-state index in [1.165, 1.54) is 19.9 Å². The van der Waals surface area contributed by atoms with Crippen molar-refractivity contribution in [2.75, 3.05) is 40.4 Å². The molecule has 6 heterocycles. The first-order valence-corrected chi connectivity index (χ1v) is 17.3. The first-order chi connectivity index (χ1) is 24.5. The van der Waals surface area contributed by atoms with Crippen LogP contribution >= 0.6 is 0 Å². The Bertz CT molecular complexity index is 1960. The monoisotopic (exact) mass is 696 g/mol. The lowest BCUT2D eigenvalue weighted by Crippen LogP contribution is -2.50. The maximum absolute atomic E-state index is 12.4. The number of likely N-dealkylation sites (tertiary alicyclic amines) is 1. The molecule has 4 aromatic rings. The van der Waals surface area contributed by atoms with Gasteiger partial charge in [-0.05, 0) is 94.5 Å². The summed E-state index contributed by atoms with van der Waals surface area (Å²) in [6, 6.07) is 19.0. The maximum atomic E-state index is 12.4. The van der Waals surface area contributed by atoms with Gasteiger partial charge in [0.05, 0.1) is 48.1 Å². The van der Waals surface area contributed by atoms with Crippen LogP contribution in [0.2, 0.25) is 0 Å². The van der Waals surface area contributed by atoms with E-state index in [9.17, 15) is 14.4 Å². The van der Waals surface area contributed by atoms with Crippen molar-refractivity contribution in [2.45, 2.75) is 63.3 Å². The molecule has 2 spiro atoms. The minimum absolute atomic E-state index is 0.299.